The molecule has 3 heterocycles. The summed E-state index contributed by atoms with van der Waals surface area (Å²) in [5.41, 5.74) is 5.65. The van der Waals surface area contributed by atoms with Gasteiger partial charge in [0.15, 0.2) is 15.5 Å². The summed E-state index contributed by atoms with van der Waals surface area (Å²) >= 11 is 0. The van der Waals surface area contributed by atoms with Crippen LogP contribution in [0.1, 0.15) is 34.1 Å². The first-order valence-corrected chi connectivity index (χ1v) is 13.6. The predicted octanol–water partition coefficient (Wildman–Crippen LogP) is 3.49. The average Bonchev–Trinajstić information content (AvgIpc) is 3.42. The smallest absolute Gasteiger partial charge is 0.274 e. The van der Waals surface area contributed by atoms with Crippen LogP contribution >= 0.6 is 0 Å². The first kappa shape index (κ1) is 22.7. The second-order valence-electron chi connectivity index (χ2n) is 9.40. The van der Waals surface area contributed by atoms with Gasteiger partial charge in [0.1, 0.15) is 0 Å². The van der Waals surface area contributed by atoms with Crippen molar-refractivity contribution in [2.24, 2.45) is 0 Å². The van der Waals surface area contributed by atoms with Crippen molar-refractivity contribution in [1.29, 1.82) is 0 Å². The van der Waals surface area contributed by atoms with E-state index in [9.17, 15) is 13.2 Å². The number of carbonyl (C=O) groups excluding carboxylic acids is 1. The highest BCUT2D eigenvalue weighted by molar-refractivity contribution is 7.91. The Morgan fingerprint density at radius 1 is 0.941 bits per heavy atom. The minimum absolute atomic E-state index is 0.0658. The molecule has 0 N–H and O–H groups in total. The number of carbonyl (C=O) groups is 1. The Kier molecular flexibility index (Phi) is 5.93. The average molecular weight is 479 g/mol. The van der Waals surface area contributed by atoms with E-state index in [4.69, 9.17) is 0 Å². The number of benzene rings is 2. The van der Waals surface area contributed by atoms with Crippen molar-refractivity contribution in [3.8, 4) is 11.3 Å². The lowest BCUT2D eigenvalue weighted by molar-refractivity contribution is 0.0739. The summed E-state index contributed by atoms with van der Waals surface area (Å²) in [4.78, 5) is 17.6. The lowest BCUT2D eigenvalue weighted by atomic mass is 10.1. The molecule has 2 aliphatic heterocycles. The van der Waals surface area contributed by atoms with Gasteiger partial charge >= 0.3 is 0 Å². The maximum Gasteiger partial charge on any atom is 0.274 e. The van der Waals surface area contributed by atoms with Crippen LogP contribution in [-0.2, 0) is 9.84 Å². The molecule has 0 radical (unpaired) electrons. The van der Waals surface area contributed by atoms with Crippen LogP contribution in [0.15, 0.2) is 54.6 Å². The molecule has 178 valence electrons. The molecule has 1 amide bonds. The Hall–Kier alpha value is -3.13. The summed E-state index contributed by atoms with van der Waals surface area (Å²) in [5, 5.41) is 4.67. The minimum atomic E-state index is -3.08. The number of aryl methyl sites for hydroxylation is 2. The third-order valence-electron chi connectivity index (χ3n) is 6.79. The van der Waals surface area contributed by atoms with Gasteiger partial charge in [0.2, 0.25) is 0 Å². The molecule has 2 fully saturated rings. The molecule has 7 nitrogen and oxygen atoms in total. The van der Waals surface area contributed by atoms with E-state index < -0.39 is 9.84 Å². The van der Waals surface area contributed by atoms with Crippen LogP contribution in [0.2, 0.25) is 0 Å². The van der Waals surface area contributed by atoms with E-state index in [0.717, 1.165) is 29.9 Å². The largest absolute Gasteiger partial charge is 0.368 e. The van der Waals surface area contributed by atoms with Crippen molar-refractivity contribution in [3.63, 3.8) is 0 Å². The molecule has 0 saturated carbocycles. The van der Waals surface area contributed by atoms with Gasteiger partial charge in [0.05, 0.1) is 23.2 Å². The second-order valence-corrected chi connectivity index (χ2v) is 11.6. The fraction of sp³-hybridized carbons (Fsp3) is 0.385. The highest BCUT2D eigenvalue weighted by atomic mass is 32.2. The van der Waals surface area contributed by atoms with Crippen molar-refractivity contribution in [2.45, 2.75) is 26.3 Å². The Labute approximate surface area is 200 Å². The zero-order valence-electron chi connectivity index (χ0n) is 19.6. The number of hydrogen-bond donors (Lipinski definition) is 0. The number of hydrogen-bond acceptors (Lipinski definition) is 5. The monoisotopic (exact) mass is 478 g/mol. The Morgan fingerprint density at radius 3 is 2.32 bits per heavy atom. The first-order valence-electron chi connectivity index (χ1n) is 11.8. The van der Waals surface area contributed by atoms with Crippen LogP contribution in [0, 0.1) is 13.8 Å². The van der Waals surface area contributed by atoms with Gasteiger partial charge < -0.3 is 9.80 Å². The fourth-order valence-electron chi connectivity index (χ4n) is 4.84. The molecule has 34 heavy (non-hydrogen) atoms. The van der Waals surface area contributed by atoms with E-state index in [-0.39, 0.29) is 23.5 Å². The van der Waals surface area contributed by atoms with E-state index in [1.807, 2.05) is 42.2 Å². The molecule has 2 saturated heterocycles. The molecule has 0 aliphatic carbocycles. The molecule has 5 rings (SSSR count). The van der Waals surface area contributed by atoms with Gasteiger partial charge in [-0.05, 0) is 49.6 Å². The number of aromatic nitrogens is 2. The normalized spacial score (nSPS) is 20.0. The van der Waals surface area contributed by atoms with Gasteiger partial charge in [-0.2, -0.15) is 5.10 Å². The quantitative estimate of drug-likeness (QED) is 0.574. The first-order chi connectivity index (χ1) is 16.3. The highest BCUT2D eigenvalue weighted by Gasteiger charge is 2.33. The molecule has 8 heteroatoms. The van der Waals surface area contributed by atoms with Gasteiger partial charge in [0, 0.05) is 31.9 Å². The molecular formula is C26H30N4O3S. The van der Waals surface area contributed by atoms with Gasteiger partial charge in [-0.1, -0.05) is 42.0 Å². The fourth-order valence-corrected chi connectivity index (χ4v) is 6.53. The van der Waals surface area contributed by atoms with Gasteiger partial charge in [-0.25, -0.2) is 8.42 Å². The topological polar surface area (TPSA) is 75.5 Å². The van der Waals surface area contributed by atoms with Crippen LogP contribution in [0.3, 0.4) is 0 Å². The van der Waals surface area contributed by atoms with Crippen LogP contribution in [0.25, 0.3) is 11.3 Å². The Morgan fingerprint density at radius 2 is 1.68 bits per heavy atom. The van der Waals surface area contributed by atoms with Gasteiger partial charge in [-0.15, -0.1) is 0 Å². The number of anilines is 1. The standard InChI is InChI=1S/C26H30N4O3S/c1-19-6-8-21(9-7-19)25-17-24(27-30(25)23-10-15-34(32,33)18-23)26(31)29-13-11-28(12-14-29)22-5-3-4-20(2)16-22/h3-9,16-17,23H,10-15,18H2,1-2H3/t23-/m0/s1. The number of sulfone groups is 1. The van der Waals surface area contributed by atoms with Crippen LogP contribution in [0.5, 0.6) is 0 Å². The molecule has 2 aromatic carbocycles. The molecule has 1 aromatic heterocycles. The second kappa shape index (κ2) is 8.91. The van der Waals surface area contributed by atoms with Gasteiger partial charge in [-0.3, -0.25) is 9.48 Å². The summed E-state index contributed by atoms with van der Waals surface area (Å²) in [6, 6.07) is 18.0. The molecule has 1 atom stereocenters. The lowest BCUT2D eigenvalue weighted by Gasteiger charge is -2.36. The zero-order chi connectivity index (χ0) is 23.9. The van der Waals surface area contributed by atoms with Crippen molar-refractivity contribution >= 4 is 21.4 Å². The maximum absolute atomic E-state index is 13.4. The lowest BCUT2D eigenvalue weighted by Crippen LogP contribution is -2.49. The molecule has 0 spiro atoms. The highest BCUT2D eigenvalue weighted by Crippen LogP contribution is 2.31. The van der Waals surface area contributed by atoms with Crippen LogP contribution in [0.4, 0.5) is 5.69 Å². The predicted molar refractivity (Wildman–Crippen MR) is 134 cm³/mol. The number of amides is 1. The summed E-state index contributed by atoms with van der Waals surface area (Å²) in [5.74, 6) is 0.127. The third-order valence-corrected chi connectivity index (χ3v) is 8.54. The van der Waals surface area contributed by atoms with E-state index in [1.165, 1.54) is 11.3 Å². The van der Waals surface area contributed by atoms with Crippen molar-refractivity contribution < 1.29 is 13.2 Å². The van der Waals surface area contributed by atoms with E-state index >= 15 is 0 Å². The molecule has 0 bridgehead atoms. The minimum Gasteiger partial charge on any atom is -0.368 e. The van der Waals surface area contributed by atoms with Crippen LogP contribution in [-0.4, -0.2) is 66.7 Å². The summed E-state index contributed by atoms with van der Waals surface area (Å²) in [6.07, 6.45) is 0.520. The molecule has 2 aliphatic rings. The van der Waals surface area contributed by atoms with E-state index in [2.05, 4.69) is 41.2 Å². The van der Waals surface area contributed by atoms with Crippen molar-refractivity contribution in [2.75, 3.05) is 42.6 Å². The zero-order valence-corrected chi connectivity index (χ0v) is 20.5. The molecule has 3 aromatic rings. The Bertz CT molecular complexity index is 1310. The van der Waals surface area contributed by atoms with Crippen LogP contribution < -0.4 is 4.90 Å². The molecular weight excluding hydrogens is 448 g/mol. The third kappa shape index (κ3) is 4.59. The van der Waals surface area contributed by atoms with E-state index in [1.54, 1.807) is 4.68 Å². The number of piperazine rings is 1. The number of nitrogens with zero attached hydrogens (tertiary/aromatic N) is 4. The Balaban J connectivity index is 1.38. The number of rotatable bonds is 4. The maximum atomic E-state index is 13.4. The summed E-state index contributed by atoms with van der Waals surface area (Å²) in [6.45, 7) is 6.88. The van der Waals surface area contributed by atoms with Gasteiger partial charge in [0.25, 0.3) is 5.91 Å². The van der Waals surface area contributed by atoms with Crippen molar-refractivity contribution in [3.05, 3.63) is 71.4 Å². The summed E-state index contributed by atoms with van der Waals surface area (Å²) < 4.78 is 26.1. The SMILES string of the molecule is Cc1ccc(-c2cc(C(=O)N3CCN(c4cccc(C)c4)CC3)nn2[C@H]2CCS(=O)(=O)C2)cc1. The van der Waals surface area contributed by atoms with E-state index in [0.29, 0.717) is 25.2 Å². The summed E-state index contributed by atoms with van der Waals surface area (Å²) in [7, 11) is -3.08. The van der Waals surface area contributed by atoms with Crippen molar-refractivity contribution in [1.82, 2.24) is 14.7 Å². The molecule has 0 unspecified atom stereocenters.